The van der Waals surface area contributed by atoms with Gasteiger partial charge in [0.1, 0.15) is 0 Å². The first-order chi connectivity index (χ1) is 5.44. The highest BCUT2D eigenvalue weighted by Crippen LogP contribution is 2.53. The first-order valence-corrected chi connectivity index (χ1v) is 2.86. The molecule has 13 heavy (non-hydrogen) atoms. The van der Waals surface area contributed by atoms with E-state index in [2.05, 4.69) is 0 Å². The zero-order valence-electron chi connectivity index (χ0n) is 6.10. The number of alkyl halides is 8. The van der Waals surface area contributed by atoms with Crippen molar-refractivity contribution in [2.45, 2.75) is 25.7 Å². The van der Waals surface area contributed by atoms with Gasteiger partial charge in [-0.3, -0.25) is 0 Å². The maximum Gasteiger partial charge on any atom is 0.408 e. The number of rotatable bonds is 1. The molecule has 0 spiro atoms. The largest absolute Gasteiger partial charge is 0.408 e. The molecular formula is C5H4F8. The van der Waals surface area contributed by atoms with Crippen molar-refractivity contribution in [2.24, 2.45) is 5.41 Å². The summed E-state index contributed by atoms with van der Waals surface area (Å²) in [6, 6.07) is 0. The van der Waals surface area contributed by atoms with Gasteiger partial charge in [0.05, 0.1) is 0 Å². The molecule has 0 aliphatic rings. The third-order valence-electron chi connectivity index (χ3n) is 1.61. The summed E-state index contributed by atoms with van der Waals surface area (Å²) in [5.74, 6) is 0. The van der Waals surface area contributed by atoms with E-state index in [4.69, 9.17) is 0 Å². The van der Waals surface area contributed by atoms with E-state index in [1.807, 2.05) is 0 Å². The zero-order valence-corrected chi connectivity index (χ0v) is 6.10. The fraction of sp³-hybridized carbons (Fsp3) is 1.00. The summed E-state index contributed by atoms with van der Waals surface area (Å²) in [5, 5.41) is 0. The molecule has 0 amide bonds. The van der Waals surface area contributed by atoms with Crippen molar-refractivity contribution >= 4 is 0 Å². The summed E-state index contributed by atoms with van der Waals surface area (Å²) < 4.78 is 93.2. The van der Waals surface area contributed by atoms with Gasteiger partial charge < -0.3 is 0 Å². The molecule has 0 unspecified atom stereocenters. The molecule has 0 saturated carbocycles. The van der Waals surface area contributed by atoms with E-state index < -0.39 is 31.1 Å². The SMILES string of the molecule is CC(C(F)F)(C(F)(F)F)C(F)(F)F. The molecule has 0 bridgehead atoms. The monoisotopic (exact) mass is 216 g/mol. The van der Waals surface area contributed by atoms with E-state index in [0.717, 1.165) is 0 Å². The molecule has 0 nitrogen and oxygen atoms in total. The molecule has 0 saturated heterocycles. The normalized spacial score (nSPS) is 15.2. The van der Waals surface area contributed by atoms with E-state index in [1.165, 1.54) is 0 Å². The lowest BCUT2D eigenvalue weighted by molar-refractivity contribution is -0.365. The predicted molar refractivity (Wildman–Crippen MR) is 26.2 cm³/mol. The third kappa shape index (κ3) is 1.86. The van der Waals surface area contributed by atoms with Crippen molar-refractivity contribution < 1.29 is 35.1 Å². The molecule has 0 aliphatic heterocycles. The molecule has 0 aliphatic carbocycles. The van der Waals surface area contributed by atoms with Crippen LogP contribution in [0.4, 0.5) is 35.1 Å². The summed E-state index contributed by atoms with van der Waals surface area (Å²) in [5.41, 5.74) is -4.96. The van der Waals surface area contributed by atoms with Crippen LogP contribution in [0, 0.1) is 5.41 Å². The van der Waals surface area contributed by atoms with Crippen LogP contribution < -0.4 is 0 Å². The van der Waals surface area contributed by atoms with Crippen molar-refractivity contribution in [1.82, 2.24) is 0 Å². The first-order valence-electron chi connectivity index (χ1n) is 2.86. The Bertz CT molecular complexity index is 160. The molecular weight excluding hydrogens is 212 g/mol. The average molecular weight is 216 g/mol. The first kappa shape index (κ1) is 12.4. The minimum absolute atomic E-state index is 0.572. The Morgan fingerprint density at radius 2 is 1.00 bits per heavy atom. The fourth-order valence-corrected chi connectivity index (χ4v) is 0.408. The molecule has 0 radical (unpaired) electrons. The van der Waals surface area contributed by atoms with Crippen LogP contribution in [0.25, 0.3) is 0 Å². The van der Waals surface area contributed by atoms with Crippen LogP contribution in [0.3, 0.4) is 0 Å². The van der Waals surface area contributed by atoms with Crippen molar-refractivity contribution in [3.8, 4) is 0 Å². The molecule has 80 valence electrons. The Morgan fingerprint density at radius 3 is 1.00 bits per heavy atom. The maximum absolute atomic E-state index is 11.7. The molecule has 0 fully saturated rings. The Kier molecular flexibility index (Phi) is 2.86. The summed E-state index contributed by atoms with van der Waals surface area (Å²) in [6.07, 6.45) is -16.6. The maximum atomic E-state index is 11.7. The molecule has 8 heteroatoms. The van der Waals surface area contributed by atoms with Crippen molar-refractivity contribution in [2.75, 3.05) is 0 Å². The Labute approximate surface area is 67.5 Å². The second kappa shape index (κ2) is 2.98. The van der Waals surface area contributed by atoms with Crippen LogP contribution in [0.2, 0.25) is 0 Å². The highest BCUT2D eigenvalue weighted by molar-refractivity contribution is 4.91. The minimum atomic E-state index is -6.01. The Hall–Kier alpha value is -0.560. The van der Waals surface area contributed by atoms with E-state index >= 15 is 0 Å². The highest BCUT2D eigenvalue weighted by Gasteiger charge is 2.72. The smallest absolute Gasteiger partial charge is 0.209 e. The molecule has 0 aromatic rings. The van der Waals surface area contributed by atoms with E-state index in [9.17, 15) is 35.1 Å². The molecule has 0 aromatic carbocycles. The predicted octanol–water partition coefficient (Wildman–Crippen LogP) is 3.38. The lowest BCUT2D eigenvalue weighted by Crippen LogP contribution is -2.52. The van der Waals surface area contributed by atoms with Gasteiger partial charge in [-0.05, 0) is 6.92 Å². The lowest BCUT2D eigenvalue weighted by atomic mass is 9.89. The van der Waals surface area contributed by atoms with Crippen LogP contribution in [0.15, 0.2) is 0 Å². The lowest BCUT2D eigenvalue weighted by Gasteiger charge is -2.32. The van der Waals surface area contributed by atoms with Gasteiger partial charge in [-0.25, -0.2) is 8.78 Å². The van der Waals surface area contributed by atoms with Gasteiger partial charge in [0, 0.05) is 0 Å². The average Bonchev–Trinajstić information content (AvgIpc) is 1.80. The Balaban J connectivity index is 5.22. The number of hydrogen-bond acceptors (Lipinski definition) is 0. The van der Waals surface area contributed by atoms with Crippen LogP contribution >= 0.6 is 0 Å². The molecule has 0 atom stereocenters. The molecule has 0 aromatic heterocycles. The van der Waals surface area contributed by atoms with Crippen molar-refractivity contribution in [3.05, 3.63) is 0 Å². The zero-order chi connectivity index (χ0) is 11.1. The summed E-state index contributed by atoms with van der Waals surface area (Å²) in [4.78, 5) is 0. The minimum Gasteiger partial charge on any atom is -0.209 e. The Morgan fingerprint density at radius 1 is 0.769 bits per heavy atom. The van der Waals surface area contributed by atoms with Gasteiger partial charge >= 0.3 is 12.4 Å². The van der Waals surface area contributed by atoms with Crippen LogP contribution in [-0.2, 0) is 0 Å². The highest BCUT2D eigenvalue weighted by atomic mass is 19.4. The summed E-state index contributed by atoms with van der Waals surface area (Å²) in [6.45, 7) is -0.572. The topological polar surface area (TPSA) is 0 Å². The molecule has 0 rings (SSSR count). The van der Waals surface area contributed by atoms with Gasteiger partial charge in [0.2, 0.25) is 5.41 Å². The summed E-state index contributed by atoms with van der Waals surface area (Å²) in [7, 11) is 0. The number of hydrogen-bond donors (Lipinski definition) is 0. The summed E-state index contributed by atoms with van der Waals surface area (Å²) >= 11 is 0. The van der Waals surface area contributed by atoms with Gasteiger partial charge in [0.25, 0.3) is 6.43 Å². The van der Waals surface area contributed by atoms with Gasteiger partial charge in [-0.2, -0.15) is 26.3 Å². The quantitative estimate of drug-likeness (QED) is 0.589. The second-order valence-electron chi connectivity index (χ2n) is 2.50. The number of halogens is 8. The van der Waals surface area contributed by atoms with E-state index in [1.54, 1.807) is 0 Å². The van der Waals surface area contributed by atoms with Gasteiger partial charge in [-0.15, -0.1) is 0 Å². The fourth-order valence-electron chi connectivity index (χ4n) is 0.408. The van der Waals surface area contributed by atoms with E-state index in [0.29, 0.717) is 0 Å². The standard InChI is InChI=1S/C5H4F8/c1-3(2(6)7,4(8,9)10)5(11,12)13/h2H,1H3. The van der Waals surface area contributed by atoms with Gasteiger partial charge in [0.15, 0.2) is 0 Å². The van der Waals surface area contributed by atoms with Gasteiger partial charge in [-0.1, -0.05) is 0 Å². The third-order valence-corrected chi connectivity index (χ3v) is 1.61. The van der Waals surface area contributed by atoms with Crippen LogP contribution in [0.5, 0.6) is 0 Å². The van der Waals surface area contributed by atoms with Crippen LogP contribution in [-0.4, -0.2) is 18.8 Å². The van der Waals surface area contributed by atoms with Crippen molar-refractivity contribution in [3.63, 3.8) is 0 Å². The second-order valence-corrected chi connectivity index (χ2v) is 2.50. The molecule has 0 heterocycles. The van der Waals surface area contributed by atoms with Crippen LogP contribution in [0.1, 0.15) is 6.92 Å². The molecule has 0 N–H and O–H groups in total. The van der Waals surface area contributed by atoms with Crippen molar-refractivity contribution in [1.29, 1.82) is 0 Å². The van der Waals surface area contributed by atoms with E-state index in [-0.39, 0.29) is 0 Å².